The molecule has 0 radical (unpaired) electrons. The average molecular weight is 405 g/mol. The smallest absolute Gasteiger partial charge is 0.220 e. The van der Waals surface area contributed by atoms with Crippen LogP contribution < -0.4 is 5.32 Å². The number of rotatable bonds is 5. The Bertz CT molecular complexity index is 1010. The van der Waals surface area contributed by atoms with Crippen molar-refractivity contribution in [2.45, 2.75) is 46.6 Å². The number of aromatic nitrogens is 3. The molecule has 5 nitrogen and oxygen atoms in total. The molecule has 3 rings (SSSR count). The molecule has 0 aliphatic rings. The summed E-state index contributed by atoms with van der Waals surface area (Å²) in [6, 6.07) is 7.04. The number of carbonyl (C=O) groups excluding carboxylic acids is 1. The van der Waals surface area contributed by atoms with Crippen molar-refractivity contribution in [3.63, 3.8) is 0 Å². The second kappa shape index (κ2) is 7.87. The fourth-order valence-electron chi connectivity index (χ4n) is 3.29. The molecule has 7 heteroatoms. The van der Waals surface area contributed by atoms with Crippen molar-refractivity contribution < 1.29 is 4.79 Å². The second-order valence-electron chi connectivity index (χ2n) is 6.77. The van der Waals surface area contributed by atoms with Crippen LogP contribution >= 0.6 is 23.2 Å². The normalized spacial score (nSPS) is 12.4. The zero-order chi connectivity index (χ0) is 19.7. The fourth-order valence-corrected chi connectivity index (χ4v) is 3.86. The van der Waals surface area contributed by atoms with Crippen LogP contribution in [0.25, 0.3) is 5.65 Å². The van der Waals surface area contributed by atoms with Gasteiger partial charge in [0.05, 0.1) is 11.7 Å². The number of nitrogens with zero attached hydrogens (tertiary/aromatic N) is 3. The second-order valence-corrected chi connectivity index (χ2v) is 7.62. The van der Waals surface area contributed by atoms with Gasteiger partial charge in [-0.25, -0.2) is 9.50 Å². The first kappa shape index (κ1) is 19.6. The summed E-state index contributed by atoms with van der Waals surface area (Å²) in [6.07, 6.45) is 0.969. The molecule has 2 aromatic heterocycles. The van der Waals surface area contributed by atoms with Crippen molar-refractivity contribution in [2.24, 2.45) is 0 Å². The predicted octanol–water partition coefficient (Wildman–Crippen LogP) is 4.77. The highest BCUT2D eigenvalue weighted by Crippen LogP contribution is 2.26. The molecule has 0 bridgehead atoms. The van der Waals surface area contributed by atoms with E-state index in [2.05, 4.69) is 15.4 Å². The van der Waals surface area contributed by atoms with Gasteiger partial charge >= 0.3 is 0 Å². The number of carbonyl (C=O) groups is 1. The number of halogens is 2. The van der Waals surface area contributed by atoms with E-state index in [1.54, 1.807) is 12.1 Å². The number of hydrogen-bond acceptors (Lipinski definition) is 3. The van der Waals surface area contributed by atoms with Crippen LogP contribution in [0.3, 0.4) is 0 Å². The first-order chi connectivity index (χ1) is 12.8. The van der Waals surface area contributed by atoms with Gasteiger partial charge in [0.2, 0.25) is 5.91 Å². The molecule has 1 N–H and O–H groups in total. The third-order valence-electron chi connectivity index (χ3n) is 4.69. The number of nitrogens with one attached hydrogen (secondary N) is 1. The van der Waals surface area contributed by atoms with Crippen LogP contribution in [0.1, 0.15) is 47.6 Å². The number of aryl methyl sites for hydroxylation is 3. The number of fused-ring (bicyclic) bond motifs is 1. The van der Waals surface area contributed by atoms with Gasteiger partial charge in [0, 0.05) is 33.9 Å². The summed E-state index contributed by atoms with van der Waals surface area (Å²) in [4.78, 5) is 17.0. The van der Waals surface area contributed by atoms with Crippen LogP contribution in [0, 0.1) is 20.8 Å². The van der Waals surface area contributed by atoms with Crippen LogP contribution in [-0.2, 0) is 11.2 Å². The molecular weight excluding hydrogens is 383 g/mol. The van der Waals surface area contributed by atoms with Crippen molar-refractivity contribution in [1.29, 1.82) is 0 Å². The summed E-state index contributed by atoms with van der Waals surface area (Å²) in [5.74, 6) is -0.0379. The number of benzene rings is 1. The van der Waals surface area contributed by atoms with E-state index < -0.39 is 0 Å². The maximum Gasteiger partial charge on any atom is 0.220 e. The molecule has 0 spiro atoms. The standard InChI is InChI=1S/C20H22Cl2N4O/c1-11-9-19-23-12(2)16(14(4)26(19)25-11)7-8-20(27)24-13(3)17-6-5-15(21)10-18(17)22/h5-6,9-10,13H,7-8H2,1-4H3,(H,24,27). The Hall–Kier alpha value is -2.11. The van der Waals surface area contributed by atoms with Gasteiger partial charge in [-0.05, 0) is 57.4 Å². The van der Waals surface area contributed by atoms with Crippen LogP contribution in [0.5, 0.6) is 0 Å². The van der Waals surface area contributed by atoms with E-state index in [9.17, 15) is 4.79 Å². The Morgan fingerprint density at radius 2 is 1.96 bits per heavy atom. The molecule has 1 aromatic carbocycles. The quantitative estimate of drug-likeness (QED) is 0.665. The van der Waals surface area contributed by atoms with Gasteiger partial charge in [0.15, 0.2) is 5.65 Å². The predicted molar refractivity (Wildman–Crippen MR) is 109 cm³/mol. The van der Waals surface area contributed by atoms with Gasteiger partial charge in [-0.3, -0.25) is 4.79 Å². The van der Waals surface area contributed by atoms with E-state index in [4.69, 9.17) is 23.2 Å². The molecule has 0 aliphatic heterocycles. The zero-order valence-corrected chi connectivity index (χ0v) is 17.3. The summed E-state index contributed by atoms with van der Waals surface area (Å²) in [7, 11) is 0. The topological polar surface area (TPSA) is 59.3 Å². The fraction of sp³-hybridized carbons (Fsp3) is 0.350. The Balaban J connectivity index is 1.69. The Labute approximate surface area is 168 Å². The summed E-state index contributed by atoms with van der Waals surface area (Å²) in [6.45, 7) is 7.83. The first-order valence-electron chi connectivity index (χ1n) is 8.83. The summed E-state index contributed by atoms with van der Waals surface area (Å²) in [5, 5.41) is 8.59. The van der Waals surface area contributed by atoms with Crippen molar-refractivity contribution >= 4 is 34.8 Å². The largest absolute Gasteiger partial charge is 0.350 e. The number of amides is 1. The van der Waals surface area contributed by atoms with Crippen molar-refractivity contribution in [3.8, 4) is 0 Å². The van der Waals surface area contributed by atoms with Crippen LogP contribution in [0.4, 0.5) is 0 Å². The molecule has 27 heavy (non-hydrogen) atoms. The molecule has 1 amide bonds. The highest BCUT2D eigenvalue weighted by atomic mass is 35.5. The Morgan fingerprint density at radius 1 is 1.22 bits per heavy atom. The lowest BCUT2D eigenvalue weighted by Gasteiger charge is -2.16. The van der Waals surface area contributed by atoms with Gasteiger partial charge < -0.3 is 5.32 Å². The average Bonchev–Trinajstić information content (AvgIpc) is 2.94. The van der Waals surface area contributed by atoms with Gasteiger partial charge in [-0.15, -0.1) is 0 Å². The molecule has 142 valence electrons. The zero-order valence-electron chi connectivity index (χ0n) is 15.8. The highest BCUT2D eigenvalue weighted by Gasteiger charge is 2.16. The van der Waals surface area contributed by atoms with E-state index in [0.29, 0.717) is 22.9 Å². The molecule has 0 aliphatic carbocycles. The van der Waals surface area contributed by atoms with Crippen LogP contribution in [-0.4, -0.2) is 20.5 Å². The van der Waals surface area contributed by atoms with E-state index in [1.807, 2.05) is 44.3 Å². The Morgan fingerprint density at radius 3 is 2.67 bits per heavy atom. The molecule has 3 aromatic rings. The summed E-state index contributed by atoms with van der Waals surface area (Å²) < 4.78 is 1.84. The molecule has 0 fully saturated rings. The van der Waals surface area contributed by atoms with E-state index in [1.165, 1.54) is 0 Å². The first-order valence-corrected chi connectivity index (χ1v) is 9.58. The van der Waals surface area contributed by atoms with Gasteiger partial charge in [-0.1, -0.05) is 29.3 Å². The van der Waals surface area contributed by atoms with E-state index >= 15 is 0 Å². The van der Waals surface area contributed by atoms with Crippen LogP contribution in [0.15, 0.2) is 24.3 Å². The van der Waals surface area contributed by atoms with Crippen molar-refractivity contribution in [3.05, 3.63) is 62.5 Å². The highest BCUT2D eigenvalue weighted by molar-refractivity contribution is 6.35. The van der Waals surface area contributed by atoms with Gasteiger partial charge in [0.1, 0.15) is 0 Å². The Kier molecular flexibility index (Phi) is 5.72. The van der Waals surface area contributed by atoms with E-state index in [-0.39, 0.29) is 11.9 Å². The SMILES string of the molecule is Cc1cc2nc(C)c(CCC(=O)NC(C)c3ccc(Cl)cc3Cl)c(C)n2n1. The van der Waals surface area contributed by atoms with E-state index in [0.717, 1.165) is 33.9 Å². The third-order valence-corrected chi connectivity index (χ3v) is 5.26. The van der Waals surface area contributed by atoms with Crippen LogP contribution in [0.2, 0.25) is 10.0 Å². The minimum atomic E-state index is -0.196. The van der Waals surface area contributed by atoms with Crippen molar-refractivity contribution in [2.75, 3.05) is 0 Å². The number of hydrogen-bond donors (Lipinski definition) is 1. The maximum absolute atomic E-state index is 12.4. The lowest BCUT2D eigenvalue weighted by atomic mass is 10.1. The van der Waals surface area contributed by atoms with Crippen molar-refractivity contribution in [1.82, 2.24) is 19.9 Å². The summed E-state index contributed by atoms with van der Waals surface area (Å²) in [5.41, 5.74) is 5.61. The summed E-state index contributed by atoms with van der Waals surface area (Å²) >= 11 is 12.2. The molecule has 1 unspecified atom stereocenters. The monoisotopic (exact) mass is 404 g/mol. The molecule has 2 heterocycles. The minimum absolute atomic E-state index is 0.0379. The maximum atomic E-state index is 12.4. The third kappa shape index (κ3) is 4.25. The van der Waals surface area contributed by atoms with Gasteiger partial charge in [-0.2, -0.15) is 5.10 Å². The molecular formula is C20H22Cl2N4O. The van der Waals surface area contributed by atoms with Gasteiger partial charge in [0.25, 0.3) is 0 Å². The lowest BCUT2D eigenvalue weighted by molar-refractivity contribution is -0.121. The molecule has 0 saturated carbocycles. The molecule has 1 atom stereocenters. The molecule has 0 saturated heterocycles. The lowest BCUT2D eigenvalue weighted by Crippen LogP contribution is -2.27. The minimum Gasteiger partial charge on any atom is -0.350 e.